The third-order valence-electron chi connectivity index (χ3n) is 4.36. The maximum absolute atomic E-state index is 13.2. The minimum Gasteiger partial charge on any atom is -0.348 e. The van der Waals surface area contributed by atoms with Gasteiger partial charge in [0.25, 0.3) is 5.91 Å². The molecule has 6 heteroatoms. The van der Waals surface area contributed by atoms with Gasteiger partial charge in [-0.2, -0.15) is 5.10 Å². The molecular formula is C21H17FN4O. The molecule has 4 rings (SSSR count). The van der Waals surface area contributed by atoms with Crippen molar-refractivity contribution in [2.75, 3.05) is 0 Å². The highest BCUT2D eigenvalue weighted by Crippen LogP contribution is 2.22. The molecule has 4 aromatic rings. The number of amides is 1. The molecule has 27 heavy (non-hydrogen) atoms. The lowest BCUT2D eigenvalue weighted by atomic mass is 10.1. The normalized spacial score (nSPS) is 10.9. The van der Waals surface area contributed by atoms with E-state index in [0.29, 0.717) is 12.1 Å². The number of carbonyl (C=O) groups is 1. The smallest absolute Gasteiger partial charge is 0.252 e. The van der Waals surface area contributed by atoms with Crippen LogP contribution in [0.2, 0.25) is 0 Å². The van der Waals surface area contributed by atoms with E-state index in [-0.39, 0.29) is 11.7 Å². The number of halogens is 1. The molecule has 0 saturated heterocycles. The second-order valence-corrected chi connectivity index (χ2v) is 6.26. The molecule has 0 aliphatic carbocycles. The van der Waals surface area contributed by atoms with Crippen LogP contribution in [0, 0.1) is 12.7 Å². The Balaban J connectivity index is 1.61. The number of hydrogen-bond donors (Lipinski definition) is 1. The molecule has 0 fully saturated rings. The molecule has 0 bridgehead atoms. The molecule has 0 atom stereocenters. The van der Waals surface area contributed by atoms with Gasteiger partial charge in [-0.3, -0.25) is 9.78 Å². The summed E-state index contributed by atoms with van der Waals surface area (Å²) < 4.78 is 14.9. The molecule has 0 aliphatic heterocycles. The van der Waals surface area contributed by atoms with Crippen LogP contribution in [0.5, 0.6) is 0 Å². The minimum atomic E-state index is -0.305. The number of nitrogens with zero attached hydrogens (tertiary/aromatic N) is 3. The predicted molar refractivity (Wildman–Crippen MR) is 101 cm³/mol. The first-order valence-electron chi connectivity index (χ1n) is 8.54. The van der Waals surface area contributed by atoms with Crippen LogP contribution in [-0.4, -0.2) is 20.7 Å². The SMILES string of the molecule is Cc1ccc(CNC(=O)c2cccc3c2cnn3-c2ccc(F)cc2)cn1. The quantitative estimate of drug-likeness (QED) is 0.602. The molecule has 1 N–H and O–H groups in total. The number of hydrogen-bond acceptors (Lipinski definition) is 3. The summed E-state index contributed by atoms with van der Waals surface area (Å²) in [5.74, 6) is -0.485. The fourth-order valence-electron chi connectivity index (χ4n) is 2.92. The zero-order valence-electron chi connectivity index (χ0n) is 14.7. The standard InChI is InChI=1S/C21H17FN4O/c1-14-5-6-15(11-23-14)12-24-21(27)18-3-2-4-20-19(18)13-25-26(20)17-9-7-16(22)8-10-17/h2-11,13H,12H2,1H3,(H,24,27). The minimum absolute atomic E-state index is 0.181. The van der Waals surface area contributed by atoms with Crippen molar-refractivity contribution < 1.29 is 9.18 Å². The topological polar surface area (TPSA) is 59.8 Å². The monoisotopic (exact) mass is 360 g/mol. The van der Waals surface area contributed by atoms with Gasteiger partial charge in [0.15, 0.2) is 0 Å². The van der Waals surface area contributed by atoms with Gasteiger partial charge < -0.3 is 5.32 Å². The summed E-state index contributed by atoms with van der Waals surface area (Å²) in [4.78, 5) is 16.9. The first-order valence-corrected chi connectivity index (χ1v) is 8.54. The van der Waals surface area contributed by atoms with Crippen molar-refractivity contribution >= 4 is 16.8 Å². The third kappa shape index (κ3) is 3.42. The highest BCUT2D eigenvalue weighted by atomic mass is 19.1. The molecule has 0 radical (unpaired) electrons. The summed E-state index contributed by atoms with van der Waals surface area (Å²) in [5.41, 5.74) is 3.92. The number of rotatable bonds is 4. The molecule has 0 spiro atoms. The maximum Gasteiger partial charge on any atom is 0.252 e. The highest BCUT2D eigenvalue weighted by molar-refractivity contribution is 6.06. The van der Waals surface area contributed by atoms with E-state index in [1.54, 1.807) is 35.3 Å². The lowest BCUT2D eigenvalue weighted by Gasteiger charge is -2.07. The van der Waals surface area contributed by atoms with Crippen LogP contribution in [-0.2, 0) is 6.54 Å². The number of carbonyl (C=O) groups excluding carboxylic acids is 1. The molecular weight excluding hydrogens is 343 g/mol. The van der Waals surface area contributed by atoms with E-state index in [0.717, 1.165) is 27.8 Å². The van der Waals surface area contributed by atoms with E-state index >= 15 is 0 Å². The van der Waals surface area contributed by atoms with Gasteiger partial charge in [0, 0.05) is 23.8 Å². The summed E-state index contributed by atoms with van der Waals surface area (Å²) in [7, 11) is 0. The van der Waals surface area contributed by atoms with Crippen LogP contribution in [0.3, 0.4) is 0 Å². The highest BCUT2D eigenvalue weighted by Gasteiger charge is 2.14. The third-order valence-corrected chi connectivity index (χ3v) is 4.36. The van der Waals surface area contributed by atoms with Crippen LogP contribution in [0.1, 0.15) is 21.6 Å². The molecule has 2 heterocycles. The molecule has 2 aromatic heterocycles. The van der Waals surface area contributed by atoms with Crippen molar-refractivity contribution in [2.24, 2.45) is 0 Å². The molecule has 1 amide bonds. The second-order valence-electron chi connectivity index (χ2n) is 6.26. The summed E-state index contributed by atoms with van der Waals surface area (Å²) in [6, 6.07) is 15.4. The Bertz CT molecular complexity index is 1100. The van der Waals surface area contributed by atoms with Crippen molar-refractivity contribution in [3.8, 4) is 5.69 Å². The number of nitrogens with one attached hydrogen (secondary N) is 1. The van der Waals surface area contributed by atoms with E-state index in [1.807, 2.05) is 31.2 Å². The predicted octanol–water partition coefficient (Wildman–Crippen LogP) is 3.80. The van der Waals surface area contributed by atoms with E-state index in [2.05, 4.69) is 15.4 Å². The number of benzene rings is 2. The van der Waals surface area contributed by atoms with Gasteiger partial charge in [-0.05, 0) is 55.0 Å². The number of aromatic nitrogens is 3. The summed E-state index contributed by atoms with van der Waals surface area (Å²) in [6.45, 7) is 2.32. The Morgan fingerprint density at radius 2 is 1.89 bits per heavy atom. The molecule has 5 nitrogen and oxygen atoms in total. The largest absolute Gasteiger partial charge is 0.348 e. The van der Waals surface area contributed by atoms with Crippen LogP contribution >= 0.6 is 0 Å². The summed E-state index contributed by atoms with van der Waals surface area (Å²) in [6.07, 6.45) is 3.41. The van der Waals surface area contributed by atoms with Gasteiger partial charge in [-0.25, -0.2) is 9.07 Å². The van der Waals surface area contributed by atoms with E-state index in [1.165, 1.54) is 12.1 Å². The first kappa shape index (κ1) is 16.9. The molecule has 2 aromatic carbocycles. The van der Waals surface area contributed by atoms with Crippen molar-refractivity contribution in [1.29, 1.82) is 0 Å². The fraction of sp³-hybridized carbons (Fsp3) is 0.0952. The van der Waals surface area contributed by atoms with Gasteiger partial charge in [0.1, 0.15) is 5.82 Å². The molecule has 0 saturated carbocycles. The summed E-state index contributed by atoms with van der Waals surface area (Å²) in [5, 5.41) is 8.03. The molecule has 134 valence electrons. The Hall–Kier alpha value is -3.54. The van der Waals surface area contributed by atoms with Crippen molar-refractivity contribution in [2.45, 2.75) is 13.5 Å². The molecule has 0 aliphatic rings. The van der Waals surface area contributed by atoms with Gasteiger partial charge in [-0.15, -0.1) is 0 Å². The van der Waals surface area contributed by atoms with Gasteiger partial charge in [0.2, 0.25) is 0 Å². The lowest BCUT2D eigenvalue weighted by molar-refractivity contribution is 0.0952. The van der Waals surface area contributed by atoms with Crippen LogP contribution < -0.4 is 5.32 Å². The van der Waals surface area contributed by atoms with Crippen molar-refractivity contribution in [1.82, 2.24) is 20.1 Å². The average Bonchev–Trinajstić information content (AvgIpc) is 3.12. The van der Waals surface area contributed by atoms with Gasteiger partial charge in [-0.1, -0.05) is 12.1 Å². The number of pyridine rings is 1. The van der Waals surface area contributed by atoms with Gasteiger partial charge in [0.05, 0.1) is 23.0 Å². The van der Waals surface area contributed by atoms with E-state index in [4.69, 9.17) is 0 Å². The zero-order chi connectivity index (χ0) is 18.8. The maximum atomic E-state index is 13.2. The Kier molecular flexibility index (Phi) is 4.38. The molecule has 0 unspecified atom stereocenters. The zero-order valence-corrected chi connectivity index (χ0v) is 14.7. The average molecular weight is 360 g/mol. The summed E-state index contributed by atoms with van der Waals surface area (Å²) >= 11 is 0. The number of fused-ring (bicyclic) bond motifs is 1. The van der Waals surface area contributed by atoms with Crippen molar-refractivity contribution in [3.05, 3.63) is 89.6 Å². The van der Waals surface area contributed by atoms with E-state index < -0.39 is 0 Å². The van der Waals surface area contributed by atoms with Crippen molar-refractivity contribution in [3.63, 3.8) is 0 Å². The Labute approximate surface area is 155 Å². The van der Waals surface area contributed by atoms with Crippen LogP contribution in [0.15, 0.2) is 67.0 Å². The van der Waals surface area contributed by atoms with Crippen LogP contribution in [0.25, 0.3) is 16.6 Å². The Morgan fingerprint density at radius 3 is 2.63 bits per heavy atom. The fourth-order valence-corrected chi connectivity index (χ4v) is 2.92. The Morgan fingerprint density at radius 1 is 1.07 bits per heavy atom. The van der Waals surface area contributed by atoms with Crippen LogP contribution in [0.4, 0.5) is 4.39 Å². The van der Waals surface area contributed by atoms with E-state index in [9.17, 15) is 9.18 Å². The second kappa shape index (κ2) is 6.99. The number of aryl methyl sites for hydroxylation is 1. The first-order chi connectivity index (χ1) is 13.1. The van der Waals surface area contributed by atoms with Gasteiger partial charge >= 0.3 is 0 Å². The lowest BCUT2D eigenvalue weighted by Crippen LogP contribution is -2.23.